The van der Waals surface area contributed by atoms with Crippen molar-refractivity contribution in [2.75, 3.05) is 7.05 Å². The third kappa shape index (κ3) is 4.22. The molecule has 1 N–H and O–H groups in total. The van der Waals surface area contributed by atoms with Gasteiger partial charge in [-0.25, -0.2) is 0 Å². The fourth-order valence-electron chi connectivity index (χ4n) is 3.33. The molecule has 1 fully saturated rings. The summed E-state index contributed by atoms with van der Waals surface area (Å²) >= 11 is 3.15. The minimum absolute atomic E-state index is 0.229. The van der Waals surface area contributed by atoms with Crippen molar-refractivity contribution in [3.8, 4) is 0 Å². The summed E-state index contributed by atoms with van der Waals surface area (Å²) in [5.41, 5.74) is -0.152. The Bertz CT molecular complexity index is 465. The maximum Gasteiger partial charge on any atom is 0.416 e. The number of nitrogens with one attached hydrogen (secondary N) is 1. The zero-order valence-corrected chi connectivity index (χ0v) is 13.7. The molecule has 1 atom stereocenters. The van der Waals surface area contributed by atoms with Crippen molar-refractivity contribution in [1.82, 2.24) is 5.32 Å². The van der Waals surface area contributed by atoms with E-state index < -0.39 is 11.7 Å². The van der Waals surface area contributed by atoms with Crippen molar-refractivity contribution in [2.45, 2.75) is 50.7 Å². The third-order valence-corrected chi connectivity index (χ3v) is 4.83. The van der Waals surface area contributed by atoms with Gasteiger partial charge in [0.1, 0.15) is 0 Å². The van der Waals surface area contributed by atoms with Crippen LogP contribution in [0.1, 0.15) is 55.7 Å². The molecule has 118 valence electrons. The van der Waals surface area contributed by atoms with E-state index in [1.54, 1.807) is 19.2 Å². The summed E-state index contributed by atoms with van der Waals surface area (Å²) in [6.07, 6.45) is 2.29. The average Bonchev–Trinajstić information content (AvgIpc) is 2.69. The molecule has 21 heavy (non-hydrogen) atoms. The van der Waals surface area contributed by atoms with Gasteiger partial charge in [0, 0.05) is 10.5 Å². The highest BCUT2D eigenvalue weighted by atomic mass is 79.9. The summed E-state index contributed by atoms with van der Waals surface area (Å²) in [5, 5.41) is 3.13. The fraction of sp³-hybridized carbons (Fsp3) is 0.625. The first kappa shape index (κ1) is 16.8. The normalized spacial score (nSPS) is 19.3. The van der Waals surface area contributed by atoms with Crippen LogP contribution >= 0.6 is 15.9 Å². The molecule has 1 aliphatic carbocycles. The molecule has 0 bridgehead atoms. The molecule has 0 heterocycles. The Labute approximate surface area is 132 Å². The van der Waals surface area contributed by atoms with Crippen molar-refractivity contribution in [2.24, 2.45) is 5.92 Å². The molecule has 0 aliphatic heterocycles. The highest BCUT2D eigenvalue weighted by molar-refractivity contribution is 9.10. The Balaban J connectivity index is 2.37. The molecule has 1 nitrogen and oxygen atoms in total. The number of halogens is 4. The van der Waals surface area contributed by atoms with E-state index in [1.165, 1.54) is 18.9 Å². The van der Waals surface area contributed by atoms with E-state index in [0.717, 1.165) is 25.7 Å². The maximum absolute atomic E-state index is 13.3. The molecule has 0 aromatic heterocycles. The lowest BCUT2D eigenvalue weighted by molar-refractivity contribution is -0.138. The van der Waals surface area contributed by atoms with E-state index in [2.05, 4.69) is 21.2 Å². The Morgan fingerprint density at radius 2 is 1.76 bits per heavy atom. The SMILES string of the molecule is CNC(c1ccc(Br)cc1C(F)(F)F)C1CCCCCC1. The monoisotopic (exact) mass is 363 g/mol. The standard InChI is InChI=1S/C16H21BrF3N/c1-21-15(11-6-4-2-3-5-7-11)13-9-8-12(17)10-14(13)16(18,19)20/h8-11,15,21H,2-7H2,1H3. The van der Waals surface area contributed by atoms with Crippen LogP contribution in [0.3, 0.4) is 0 Å². The van der Waals surface area contributed by atoms with Gasteiger partial charge >= 0.3 is 6.18 Å². The van der Waals surface area contributed by atoms with Gasteiger partial charge in [-0.2, -0.15) is 13.2 Å². The van der Waals surface area contributed by atoms with Gasteiger partial charge in [-0.3, -0.25) is 0 Å². The molecule has 1 aromatic carbocycles. The highest BCUT2D eigenvalue weighted by Crippen LogP contribution is 2.41. The third-order valence-electron chi connectivity index (χ3n) is 4.34. The first-order chi connectivity index (χ1) is 9.93. The predicted molar refractivity (Wildman–Crippen MR) is 82.1 cm³/mol. The molecule has 0 spiro atoms. The van der Waals surface area contributed by atoms with E-state index in [9.17, 15) is 13.2 Å². The number of alkyl halides is 3. The van der Waals surface area contributed by atoms with E-state index in [4.69, 9.17) is 0 Å². The summed E-state index contributed by atoms with van der Waals surface area (Å²) in [5.74, 6) is 0.278. The Morgan fingerprint density at radius 1 is 1.14 bits per heavy atom. The molecular formula is C16H21BrF3N. The van der Waals surface area contributed by atoms with Gasteiger partial charge in [0.2, 0.25) is 0 Å². The molecule has 5 heteroatoms. The van der Waals surface area contributed by atoms with Crippen molar-refractivity contribution < 1.29 is 13.2 Å². The van der Waals surface area contributed by atoms with E-state index in [1.807, 2.05) is 0 Å². The van der Waals surface area contributed by atoms with Crippen LogP contribution < -0.4 is 5.32 Å². The first-order valence-corrected chi connectivity index (χ1v) is 8.26. The van der Waals surface area contributed by atoms with E-state index >= 15 is 0 Å². The van der Waals surface area contributed by atoms with Crippen LogP contribution in [0.2, 0.25) is 0 Å². The number of benzene rings is 1. The van der Waals surface area contributed by atoms with E-state index in [-0.39, 0.29) is 12.0 Å². The molecule has 0 saturated heterocycles. The summed E-state index contributed by atoms with van der Waals surface area (Å²) < 4.78 is 40.4. The van der Waals surface area contributed by atoms with Crippen molar-refractivity contribution in [1.29, 1.82) is 0 Å². The predicted octanol–water partition coefficient (Wildman–Crippen LogP) is 5.70. The quantitative estimate of drug-likeness (QED) is 0.679. The largest absolute Gasteiger partial charge is 0.416 e. The van der Waals surface area contributed by atoms with Crippen LogP contribution in [0.5, 0.6) is 0 Å². The lowest BCUT2D eigenvalue weighted by atomic mass is 9.85. The van der Waals surface area contributed by atoms with Crippen molar-refractivity contribution >= 4 is 15.9 Å². The number of hydrogen-bond acceptors (Lipinski definition) is 1. The van der Waals surface area contributed by atoms with Gasteiger partial charge in [0.05, 0.1) is 5.56 Å². The number of hydrogen-bond donors (Lipinski definition) is 1. The maximum atomic E-state index is 13.3. The fourth-order valence-corrected chi connectivity index (χ4v) is 3.70. The van der Waals surface area contributed by atoms with E-state index in [0.29, 0.717) is 10.0 Å². The smallest absolute Gasteiger partial charge is 0.313 e. The van der Waals surface area contributed by atoms with Crippen LogP contribution in [0.4, 0.5) is 13.2 Å². The second kappa shape index (κ2) is 7.14. The van der Waals surface area contributed by atoms with Crippen LogP contribution in [-0.4, -0.2) is 7.05 Å². The highest BCUT2D eigenvalue weighted by Gasteiger charge is 2.37. The van der Waals surface area contributed by atoms with Crippen LogP contribution in [0.25, 0.3) is 0 Å². The van der Waals surface area contributed by atoms with Gasteiger partial charge in [-0.15, -0.1) is 0 Å². The molecule has 2 rings (SSSR count). The molecule has 1 aromatic rings. The van der Waals surface area contributed by atoms with Gasteiger partial charge in [-0.1, -0.05) is 47.7 Å². The lowest BCUT2D eigenvalue weighted by Gasteiger charge is -2.29. The van der Waals surface area contributed by atoms with Gasteiger partial charge < -0.3 is 5.32 Å². The van der Waals surface area contributed by atoms with Gasteiger partial charge in [0.25, 0.3) is 0 Å². The van der Waals surface area contributed by atoms with Crippen LogP contribution in [-0.2, 0) is 6.18 Å². The second-order valence-electron chi connectivity index (χ2n) is 5.75. The van der Waals surface area contributed by atoms with Gasteiger partial charge in [0.15, 0.2) is 0 Å². The zero-order valence-electron chi connectivity index (χ0n) is 12.1. The summed E-state index contributed by atoms with van der Waals surface area (Å²) in [6.45, 7) is 0. The Hall–Kier alpha value is -0.550. The Morgan fingerprint density at radius 3 is 2.29 bits per heavy atom. The molecular weight excluding hydrogens is 343 g/mol. The van der Waals surface area contributed by atoms with Gasteiger partial charge in [-0.05, 0) is 43.5 Å². The second-order valence-corrected chi connectivity index (χ2v) is 6.66. The van der Waals surface area contributed by atoms with Crippen molar-refractivity contribution in [3.63, 3.8) is 0 Å². The van der Waals surface area contributed by atoms with Crippen LogP contribution in [0.15, 0.2) is 22.7 Å². The average molecular weight is 364 g/mol. The molecule has 1 unspecified atom stereocenters. The zero-order chi connectivity index (χ0) is 15.5. The van der Waals surface area contributed by atoms with Crippen molar-refractivity contribution in [3.05, 3.63) is 33.8 Å². The molecule has 1 aliphatic rings. The summed E-state index contributed by atoms with van der Waals surface area (Å²) in [7, 11) is 1.76. The first-order valence-electron chi connectivity index (χ1n) is 7.47. The molecule has 1 saturated carbocycles. The lowest BCUT2D eigenvalue weighted by Crippen LogP contribution is -2.27. The molecule has 0 amide bonds. The summed E-state index contributed by atoms with van der Waals surface area (Å²) in [4.78, 5) is 0. The minimum atomic E-state index is -4.32. The number of rotatable bonds is 3. The molecule has 0 radical (unpaired) electrons. The Kier molecular flexibility index (Phi) is 5.72. The summed E-state index contributed by atoms with van der Waals surface area (Å²) in [6, 6.07) is 4.27. The minimum Gasteiger partial charge on any atom is -0.313 e. The topological polar surface area (TPSA) is 12.0 Å². The van der Waals surface area contributed by atoms with Crippen LogP contribution in [0, 0.1) is 5.92 Å².